The van der Waals surface area contributed by atoms with Crippen molar-refractivity contribution in [3.05, 3.63) is 56.6 Å². The average Bonchev–Trinajstić information content (AvgIpc) is 2.82. The summed E-state index contributed by atoms with van der Waals surface area (Å²) in [7, 11) is 0. The molecular formula is C12H12Cl2N6O3. The van der Waals surface area contributed by atoms with Crippen LogP contribution in [0.3, 0.4) is 0 Å². The highest BCUT2D eigenvalue weighted by Gasteiger charge is 2.10. The molecule has 0 atom stereocenters. The normalized spacial score (nSPS) is 9.91. The Hall–Kier alpha value is -2.65. The lowest BCUT2D eigenvalue weighted by molar-refractivity contribution is -0.384. The Morgan fingerprint density at radius 3 is 2.52 bits per heavy atom. The third kappa shape index (κ3) is 3.58. The van der Waals surface area contributed by atoms with Crippen LogP contribution in [0.5, 0.6) is 0 Å². The van der Waals surface area contributed by atoms with Gasteiger partial charge in [-0.3, -0.25) is 19.9 Å². The lowest BCUT2D eigenvalue weighted by atomic mass is 10.2. The van der Waals surface area contributed by atoms with Gasteiger partial charge >= 0.3 is 0 Å². The predicted octanol–water partition coefficient (Wildman–Crippen LogP) is 1.50. The molecule has 0 aliphatic rings. The van der Waals surface area contributed by atoms with E-state index in [0.717, 1.165) is 5.56 Å². The molecule has 0 aliphatic heterocycles. The van der Waals surface area contributed by atoms with Crippen molar-refractivity contribution >= 4 is 47.6 Å². The minimum absolute atomic E-state index is 0. The Bertz CT molecular complexity index is 890. The minimum atomic E-state index is -0.464. The van der Waals surface area contributed by atoms with Gasteiger partial charge in [0.25, 0.3) is 11.2 Å². The molecule has 0 fully saturated rings. The zero-order valence-corrected chi connectivity index (χ0v) is 13.1. The van der Waals surface area contributed by atoms with Gasteiger partial charge in [0.15, 0.2) is 11.2 Å². The van der Waals surface area contributed by atoms with Crippen molar-refractivity contribution in [1.29, 1.82) is 0 Å². The number of imidazole rings is 1. The van der Waals surface area contributed by atoms with E-state index < -0.39 is 4.92 Å². The molecule has 0 bridgehead atoms. The molecule has 2 heterocycles. The van der Waals surface area contributed by atoms with Gasteiger partial charge in [0.1, 0.15) is 0 Å². The zero-order valence-electron chi connectivity index (χ0n) is 11.5. The molecule has 2 aromatic heterocycles. The molecule has 23 heavy (non-hydrogen) atoms. The van der Waals surface area contributed by atoms with Crippen molar-refractivity contribution in [1.82, 2.24) is 19.5 Å². The first kappa shape index (κ1) is 18.4. The number of nitrogens with zero attached hydrogens (tertiary/aromatic N) is 4. The van der Waals surface area contributed by atoms with Crippen LogP contribution in [-0.2, 0) is 6.54 Å². The first-order valence-corrected chi connectivity index (χ1v) is 5.98. The van der Waals surface area contributed by atoms with E-state index in [1.54, 1.807) is 16.7 Å². The molecule has 11 heteroatoms. The van der Waals surface area contributed by atoms with Crippen LogP contribution in [0.4, 0.5) is 11.6 Å². The van der Waals surface area contributed by atoms with Crippen LogP contribution >= 0.6 is 24.8 Å². The van der Waals surface area contributed by atoms with Gasteiger partial charge in [-0.15, -0.1) is 24.8 Å². The van der Waals surface area contributed by atoms with E-state index >= 15 is 0 Å². The van der Waals surface area contributed by atoms with E-state index in [0.29, 0.717) is 12.1 Å². The van der Waals surface area contributed by atoms with E-state index in [4.69, 9.17) is 5.73 Å². The maximum atomic E-state index is 11.9. The molecule has 9 nitrogen and oxygen atoms in total. The zero-order chi connectivity index (χ0) is 15.0. The first-order valence-electron chi connectivity index (χ1n) is 5.98. The van der Waals surface area contributed by atoms with Gasteiger partial charge in [0.2, 0.25) is 5.95 Å². The van der Waals surface area contributed by atoms with Crippen molar-refractivity contribution in [2.24, 2.45) is 0 Å². The van der Waals surface area contributed by atoms with Crippen LogP contribution < -0.4 is 11.3 Å². The fourth-order valence-corrected chi connectivity index (χ4v) is 2.04. The fourth-order valence-electron chi connectivity index (χ4n) is 2.04. The topological polar surface area (TPSA) is 133 Å². The number of benzene rings is 1. The number of nitrogens with two attached hydrogens (primary N) is 1. The average molecular weight is 359 g/mol. The van der Waals surface area contributed by atoms with Crippen molar-refractivity contribution in [3.63, 3.8) is 0 Å². The van der Waals surface area contributed by atoms with Crippen LogP contribution in [0, 0.1) is 10.1 Å². The van der Waals surface area contributed by atoms with Gasteiger partial charge in [0.05, 0.1) is 11.3 Å². The quantitative estimate of drug-likeness (QED) is 0.538. The summed E-state index contributed by atoms with van der Waals surface area (Å²) in [5.41, 5.74) is 6.46. The molecule has 0 unspecified atom stereocenters. The van der Waals surface area contributed by atoms with E-state index in [1.165, 1.54) is 18.5 Å². The van der Waals surface area contributed by atoms with E-state index in [2.05, 4.69) is 15.0 Å². The molecule has 0 aliphatic carbocycles. The highest BCUT2D eigenvalue weighted by molar-refractivity contribution is 5.85. The number of anilines is 1. The number of nitrogens with one attached hydrogen (secondary N) is 1. The lowest BCUT2D eigenvalue weighted by Gasteiger charge is -2.03. The van der Waals surface area contributed by atoms with Crippen LogP contribution in [0.1, 0.15) is 5.56 Å². The van der Waals surface area contributed by atoms with Gasteiger partial charge < -0.3 is 10.3 Å². The fraction of sp³-hybridized carbons (Fsp3) is 0.0833. The van der Waals surface area contributed by atoms with Crippen molar-refractivity contribution in [3.8, 4) is 0 Å². The standard InChI is InChI=1S/C12H10N6O3.2ClH/c13-12-15-10-9(11(19)16-12)17(6-14-10)5-7-1-3-8(4-2-7)18(20)21;;/h1-4,6H,5H2,(H3,13,15,16,19);2*1H. The highest BCUT2D eigenvalue weighted by Crippen LogP contribution is 2.14. The van der Waals surface area contributed by atoms with Crippen LogP contribution in [0.15, 0.2) is 35.4 Å². The van der Waals surface area contributed by atoms with Crippen LogP contribution in [-0.4, -0.2) is 24.4 Å². The van der Waals surface area contributed by atoms with Crippen molar-refractivity contribution in [2.45, 2.75) is 6.54 Å². The molecule has 0 saturated carbocycles. The Morgan fingerprint density at radius 1 is 1.26 bits per heavy atom. The van der Waals surface area contributed by atoms with E-state index in [9.17, 15) is 14.9 Å². The summed E-state index contributed by atoms with van der Waals surface area (Å²) < 4.78 is 1.61. The number of aromatic amines is 1. The Morgan fingerprint density at radius 2 is 1.91 bits per heavy atom. The van der Waals surface area contributed by atoms with Crippen LogP contribution in [0.25, 0.3) is 11.2 Å². The van der Waals surface area contributed by atoms with Gasteiger partial charge in [0, 0.05) is 18.7 Å². The molecule has 0 saturated heterocycles. The summed E-state index contributed by atoms with van der Waals surface area (Å²) in [5, 5.41) is 10.6. The van der Waals surface area contributed by atoms with Gasteiger partial charge in [-0.1, -0.05) is 12.1 Å². The summed E-state index contributed by atoms with van der Waals surface area (Å²) in [4.78, 5) is 32.4. The number of nitro benzene ring substituents is 1. The summed E-state index contributed by atoms with van der Waals surface area (Å²) >= 11 is 0. The lowest BCUT2D eigenvalue weighted by Crippen LogP contribution is -2.14. The van der Waals surface area contributed by atoms with Crippen molar-refractivity contribution in [2.75, 3.05) is 5.73 Å². The first-order chi connectivity index (χ1) is 10.0. The second-order valence-corrected chi connectivity index (χ2v) is 4.42. The third-order valence-corrected chi connectivity index (χ3v) is 3.00. The smallest absolute Gasteiger partial charge is 0.278 e. The SMILES string of the molecule is Cl.Cl.Nc1nc2ncn(Cc3ccc([N+](=O)[O-])cc3)c2c(=O)[nH]1. The summed E-state index contributed by atoms with van der Waals surface area (Å²) in [6, 6.07) is 6.08. The third-order valence-electron chi connectivity index (χ3n) is 3.00. The van der Waals surface area contributed by atoms with Gasteiger partial charge in [-0.25, -0.2) is 4.98 Å². The molecule has 3 rings (SSSR count). The summed E-state index contributed by atoms with van der Waals surface area (Å²) in [6.07, 6.45) is 1.48. The number of halogens is 2. The number of H-pyrrole nitrogens is 1. The van der Waals surface area contributed by atoms with Crippen molar-refractivity contribution < 1.29 is 4.92 Å². The largest absolute Gasteiger partial charge is 0.369 e. The van der Waals surface area contributed by atoms with E-state index in [-0.39, 0.29) is 47.7 Å². The minimum Gasteiger partial charge on any atom is -0.369 e. The Labute approximate surface area is 141 Å². The second kappa shape index (κ2) is 7.07. The number of aromatic nitrogens is 4. The molecule has 0 spiro atoms. The highest BCUT2D eigenvalue weighted by atomic mass is 35.5. The molecule has 3 aromatic rings. The number of nitro groups is 1. The van der Waals surface area contributed by atoms with Crippen LogP contribution in [0.2, 0.25) is 0 Å². The van der Waals surface area contributed by atoms with Gasteiger partial charge in [-0.05, 0) is 5.56 Å². The monoisotopic (exact) mass is 358 g/mol. The molecule has 1 aromatic carbocycles. The number of fused-ring (bicyclic) bond motifs is 1. The number of rotatable bonds is 3. The number of non-ortho nitro benzene ring substituents is 1. The Kier molecular flexibility index (Phi) is 5.66. The molecule has 3 N–H and O–H groups in total. The Balaban J connectivity index is 0.00000132. The number of hydrogen-bond acceptors (Lipinski definition) is 6. The number of nitrogen functional groups attached to an aromatic ring is 1. The maximum absolute atomic E-state index is 11.9. The molecule has 0 amide bonds. The number of hydrogen-bond donors (Lipinski definition) is 2. The van der Waals surface area contributed by atoms with E-state index in [1.807, 2.05) is 0 Å². The molecule has 0 radical (unpaired) electrons. The second-order valence-electron chi connectivity index (χ2n) is 4.42. The molecule has 122 valence electrons. The summed E-state index contributed by atoms with van der Waals surface area (Å²) in [5.74, 6) is 0.00749. The molecular weight excluding hydrogens is 347 g/mol. The van der Waals surface area contributed by atoms with Gasteiger partial charge in [-0.2, -0.15) is 4.98 Å². The summed E-state index contributed by atoms with van der Waals surface area (Å²) in [6.45, 7) is 0.350. The predicted molar refractivity (Wildman–Crippen MR) is 89.3 cm³/mol. The maximum Gasteiger partial charge on any atom is 0.278 e.